The first kappa shape index (κ1) is 15.1. The van der Waals surface area contributed by atoms with Crippen LogP contribution in [0.3, 0.4) is 0 Å². The van der Waals surface area contributed by atoms with Crippen molar-refractivity contribution in [3.05, 3.63) is 33.3 Å². The number of nitrogens with one attached hydrogen (secondary N) is 1. The molecule has 0 heterocycles. The molecule has 5 nitrogen and oxygen atoms in total. The smallest absolute Gasteiger partial charge is 0.293 e. The van der Waals surface area contributed by atoms with Crippen LogP contribution >= 0.6 is 11.6 Å². The largest absolute Gasteiger partial charge is 0.396 e. The summed E-state index contributed by atoms with van der Waals surface area (Å²) >= 11 is 6.05. The Labute approximate surface area is 123 Å². The maximum absolute atomic E-state index is 11.0. The van der Waals surface area contributed by atoms with Gasteiger partial charge >= 0.3 is 0 Å². The number of para-hydroxylation sites is 1. The van der Waals surface area contributed by atoms with Crippen LogP contribution in [0.15, 0.2) is 18.2 Å². The lowest BCUT2D eigenvalue weighted by Crippen LogP contribution is -2.28. The predicted molar refractivity (Wildman–Crippen MR) is 79.1 cm³/mol. The quantitative estimate of drug-likeness (QED) is 0.645. The van der Waals surface area contributed by atoms with Gasteiger partial charge in [0, 0.05) is 19.2 Å². The number of rotatable bonds is 5. The molecule has 1 saturated carbocycles. The highest BCUT2D eigenvalue weighted by Crippen LogP contribution is 2.34. The van der Waals surface area contributed by atoms with Crippen molar-refractivity contribution >= 4 is 23.0 Å². The molecule has 2 rings (SSSR count). The fraction of sp³-hybridized carbons (Fsp3) is 0.571. The Morgan fingerprint density at radius 1 is 1.35 bits per heavy atom. The third-order valence-electron chi connectivity index (χ3n) is 4.03. The number of nitro groups is 1. The SMILES string of the molecule is O=[N+]([O-])c1cccc(Cl)c1NCC1CCCCC1CO. The summed E-state index contributed by atoms with van der Waals surface area (Å²) in [4.78, 5) is 10.6. The van der Waals surface area contributed by atoms with E-state index in [9.17, 15) is 15.2 Å². The van der Waals surface area contributed by atoms with Gasteiger partial charge in [-0.2, -0.15) is 0 Å². The zero-order chi connectivity index (χ0) is 14.5. The molecule has 0 aromatic heterocycles. The summed E-state index contributed by atoms with van der Waals surface area (Å²) in [5, 5.41) is 23.9. The van der Waals surface area contributed by atoms with Crippen molar-refractivity contribution in [1.82, 2.24) is 0 Å². The Bertz CT molecular complexity index is 481. The zero-order valence-corrected chi connectivity index (χ0v) is 12.0. The molecule has 2 N–H and O–H groups in total. The second-order valence-electron chi connectivity index (χ2n) is 5.26. The molecule has 2 atom stereocenters. The van der Waals surface area contributed by atoms with E-state index in [0.717, 1.165) is 25.7 Å². The molecule has 1 aromatic carbocycles. The van der Waals surface area contributed by atoms with Crippen molar-refractivity contribution in [2.45, 2.75) is 25.7 Å². The Hall–Kier alpha value is -1.33. The van der Waals surface area contributed by atoms with Crippen LogP contribution in [0.25, 0.3) is 0 Å². The number of aliphatic hydroxyl groups excluding tert-OH is 1. The number of aliphatic hydroxyl groups is 1. The number of hydrogen-bond donors (Lipinski definition) is 2. The summed E-state index contributed by atoms with van der Waals surface area (Å²) in [5.74, 6) is 0.613. The highest BCUT2D eigenvalue weighted by molar-refractivity contribution is 6.33. The lowest BCUT2D eigenvalue weighted by molar-refractivity contribution is -0.383. The normalized spacial score (nSPS) is 22.5. The Kier molecular flexibility index (Phi) is 5.20. The number of halogens is 1. The first-order chi connectivity index (χ1) is 9.63. The van der Waals surface area contributed by atoms with Crippen LogP contribution in [-0.2, 0) is 0 Å². The van der Waals surface area contributed by atoms with Crippen molar-refractivity contribution in [3.63, 3.8) is 0 Å². The second-order valence-corrected chi connectivity index (χ2v) is 5.67. The molecule has 2 unspecified atom stereocenters. The Balaban J connectivity index is 2.08. The third-order valence-corrected chi connectivity index (χ3v) is 4.35. The first-order valence-electron chi connectivity index (χ1n) is 6.91. The van der Waals surface area contributed by atoms with Gasteiger partial charge in [-0.25, -0.2) is 0 Å². The van der Waals surface area contributed by atoms with Gasteiger partial charge in [0.15, 0.2) is 0 Å². The van der Waals surface area contributed by atoms with E-state index in [4.69, 9.17) is 11.6 Å². The maximum atomic E-state index is 11.0. The van der Waals surface area contributed by atoms with Crippen LogP contribution in [0, 0.1) is 22.0 Å². The van der Waals surface area contributed by atoms with Crippen LogP contribution in [0.5, 0.6) is 0 Å². The van der Waals surface area contributed by atoms with Crippen LogP contribution in [0.4, 0.5) is 11.4 Å². The predicted octanol–water partition coefficient (Wildman–Crippen LogP) is 3.46. The molecule has 20 heavy (non-hydrogen) atoms. The third kappa shape index (κ3) is 3.41. The van der Waals surface area contributed by atoms with Gasteiger partial charge in [0.05, 0.1) is 9.95 Å². The summed E-state index contributed by atoms with van der Waals surface area (Å²) in [5.41, 5.74) is 0.371. The van der Waals surface area contributed by atoms with Crippen LogP contribution in [0.2, 0.25) is 5.02 Å². The molecule has 0 radical (unpaired) electrons. The number of nitro benzene ring substituents is 1. The Morgan fingerprint density at radius 2 is 2.05 bits per heavy atom. The molecule has 1 aliphatic rings. The highest BCUT2D eigenvalue weighted by Gasteiger charge is 2.25. The fourth-order valence-electron chi connectivity index (χ4n) is 2.87. The van der Waals surface area contributed by atoms with E-state index in [2.05, 4.69) is 5.32 Å². The number of anilines is 1. The van der Waals surface area contributed by atoms with Gasteiger partial charge in [0.25, 0.3) is 5.69 Å². The molecule has 1 fully saturated rings. The van der Waals surface area contributed by atoms with Crippen molar-refractivity contribution in [2.75, 3.05) is 18.5 Å². The average molecular weight is 299 g/mol. The first-order valence-corrected chi connectivity index (χ1v) is 7.29. The molecule has 0 bridgehead atoms. The second kappa shape index (κ2) is 6.90. The van der Waals surface area contributed by atoms with Crippen LogP contribution in [0.1, 0.15) is 25.7 Å². The van der Waals surface area contributed by atoms with Gasteiger partial charge in [-0.1, -0.05) is 30.5 Å². The molecule has 110 valence electrons. The van der Waals surface area contributed by atoms with Gasteiger partial charge in [-0.15, -0.1) is 0 Å². The number of benzene rings is 1. The number of hydrogen-bond acceptors (Lipinski definition) is 4. The van der Waals surface area contributed by atoms with E-state index in [1.165, 1.54) is 6.07 Å². The summed E-state index contributed by atoms with van der Waals surface area (Å²) in [7, 11) is 0. The highest BCUT2D eigenvalue weighted by atomic mass is 35.5. The van der Waals surface area contributed by atoms with Crippen molar-refractivity contribution in [3.8, 4) is 0 Å². The van der Waals surface area contributed by atoms with E-state index in [0.29, 0.717) is 23.2 Å². The minimum absolute atomic E-state index is 0.00569. The molecule has 1 aromatic rings. The Morgan fingerprint density at radius 3 is 2.70 bits per heavy atom. The summed E-state index contributed by atoms with van der Waals surface area (Å²) < 4.78 is 0. The maximum Gasteiger partial charge on any atom is 0.293 e. The lowest BCUT2D eigenvalue weighted by atomic mass is 9.79. The van der Waals surface area contributed by atoms with E-state index in [-0.39, 0.29) is 18.2 Å². The molecule has 0 aliphatic heterocycles. The van der Waals surface area contributed by atoms with Gasteiger partial charge < -0.3 is 10.4 Å². The molecule has 1 aliphatic carbocycles. The van der Waals surface area contributed by atoms with Crippen LogP contribution < -0.4 is 5.32 Å². The molecule has 6 heteroatoms. The fourth-order valence-corrected chi connectivity index (χ4v) is 3.10. The van der Waals surface area contributed by atoms with Gasteiger partial charge in [-0.05, 0) is 30.7 Å². The summed E-state index contributed by atoms with van der Waals surface area (Å²) in [6, 6.07) is 4.66. The molecule has 0 amide bonds. The van der Waals surface area contributed by atoms with E-state index in [1.807, 2.05) is 0 Å². The zero-order valence-electron chi connectivity index (χ0n) is 11.2. The van der Waals surface area contributed by atoms with Gasteiger partial charge in [0.2, 0.25) is 0 Å². The van der Waals surface area contributed by atoms with Crippen molar-refractivity contribution < 1.29 is 10.0 Å². The van der Waals surface area contributed by atoms with E-state index >= 15 is 0 Å². The van der Waals surface area contributed by atoms with E-state index in [1.54, 1.807) is 12.1 Å². The summed E-state index contributed by atoms with van der Waals surface area (Å²) in [6.45, 7) is 0.784. The molecular weight excluding hydrogens is 280 g/mol. The summed E-state index contributed by atoms with van der Waals surface area (Å²) in [6.07, 6.45) is 4.35. The monoisotopic (exact) mass is 298 g/mol. The van der Waals surface area contributed by atoms with Crippen LogP contribution in [-0.4, -0.2) is 23.2 Å². The number of nitrogens with zero attached hydrogens (tertiary/aromatic N) is 1. The molecular formula is C14H19ClN2O3. The minimum atomic E-state index is -0.432. The average Bonchev–Trinajstić information content (AvgIpc) is 2.46. The van der Waals surface area contributed by atoms with Gasteiger partial charge in [-0.3, -0.25) is 10.1 Å². The standard InChI is InChI=1S/C14H19ClN2O3/c15-12-6-3-7-13(17(19)20)14(12)16-8-10-4-1-2-5-11(10)9-18/h3,6-7,10-11,16,18H,1-2,4-5,8-9H2. The topological polar surface area (TPSA) is 75.4 Å². The molecule has 0 spiro atoms. The van der Waals surface area contributed by atoms with E-state index < -0.39 is 4.92 Å². The lowest BCUT2D eigenvalue weighted by Gasteiger charge is -2.30. The minimum Gasteiger partial charge on any atom is -0.396 e. The van der Waals surface area contributed by atoms with Crippen molar-refractivity contribution in [1.29, 1.82) is 0 Å². The van der Waals surface area contributed by atoms with Gasteiger partial charge in [0.1, 0.15) is 5.69 Å². The molecule has 0 saturated heterocycles. The van der Waals surface area contributed by atoms with Crippen molar-refractivity contribution in [2.24, 2.45) is 11.8 Å².